The summed E-state index contributed by atoms with van der Waals surface area (Å²) in [4.78, 5) is 31.6. The lowest BCUT2D eigenvalue weighted by Gasteiger charge is -2.39. The monoisotopic (exact) mass is 375 g/mol. The fourth-order valence-electron chi connectivity index (χ4n) is 4.25. The van der Waals surface area contributed by atoms with Gasteiger partial charge in [-0.2, -0.15) is 0 Å². The van der Waals surface area contributed by atoms with Crippen molar-refractivity contribution >= 4 is 29.1 Å². The third-order valence-electron chi connectivity index (χ3n) is 5.52. The van der Waals surface area contributed by atoms with Gasteiger partial charge in [-0.05, 0) is 68.8 Å². The summed E-state index contributed by atoms with van der Waals surface area (Å²) in [5, 5.41) is 0.327. The highest BCUT2D eigenvalue weighted by Gasteiger charge is 2.41. The predicted molar refractivity (Wildman–Crippen MR) is 106 cm³/mol. The summed E-state index contributed by atoms with van der Waals surface area (Å²) in [7, 11) is 0. The van der Waals surface area contributed by atoms with Gasteiger partial charge in [-0.3, -0.25) is 19.4 Å². The van der Waals surface area contributed by atoms with Crippen LogP contribution in [0.3, 0.4) is 0 Å². The molecular formula is C20H29N3O2S. The molecule has 2 saturated heterocycles. The van der Waals surface area contributed by atoms with Crippen LogP contribution in [-0.4, -0.2) is 57.8 Å². The third-order valence-corrected chi connectivity index (χ3v) is 5.96. The number of likely N-dealkylation sites (N-methyl/N-ethyl adjacent to an activating group) is 2. The van der Waals surface area contributed by atoms with E-state index in [-0.39, 0.29) is 17.2 Å². The van der Waals surface area contributed by atoms with Crippen molar-refractivity contribution in [2.24, 2.45) is 5.41 Å². The summed E-state index contributed by atoms with van der Waals surface area (Å²) in [6, 6.07) is 0. The largest absolute Gasteiger partial charge is 0.375 e. The molecule has 6 heteroatoms. The first-order valence-corrected chi connectivity index (χ1v) is 10.1. The molecule has 3 rings (SSSR count). The number of likely N-dealkylation sites (tertiary alicyclic amines) is 1. The van der Waals surface area contributed by atoms with Crippen LogP contribution in [0.25, 0.3) is 0 Å². The topological polar surface area (TPSA) is 43.9 Å². The van der Waals surface area contributed by atoms with E-state index >= 15 is 0 Å². The van der Waals surface area contributed by atoms with Crippen LogP contribution in [0.2, 0.25) is 0 Å². The number of carbonyl (C=O) groups is 2. The lowest BCUT2D eigenvalue weighted by Crippen LogP contribution is -2.56. The molecule has 0 atom stereocenters. The number of carbonyl (C=O) groups excluding carboxylic acids is 2. The van der Waals surface area contributed by atoms with Crippen molar-refractivity contribution in [2.75, 3.05) is 26.2 Å². The Hall–Kier alpha value is -1.69. The number of hydrogen-bond donors (Lipinski definition) is 0. The van der Waals surface area contributed by atoms with Gasteiger partial charge in [-0.15, -0.1) is 0 Å². The number of amides is 2. The molecule has 0 saturated carbocycles. The van der Waals surface area contributed by atoms with E-state index in [2.05, 4.69) is 24.8 Å². The summed E-state index contributed by atoms with van der Waals surface area (Å²) in [6.07, 6.45) is 6.25. The van der Waals surface area contributed by atoms with Crippen LogP contribution < -0.4 is 0 Å². The Morgan fingerprint density at radius 3 is 2.04 bits per heavy atom. The second-order valence-electron chi connectivity index (χ2n) is 8.13. The van der Waals surface area contributed by atoms with Crippen LogP contribution in [0.15, 0.2) is 22.9 Å². The number of thiocarbonyl (C=S) groups is 1. The number of rotatable bonds is 3. The van der Waals surface area contributed by atoms with Gasteiger partial charge in [0.2, 0.25) is 0 Å². The van der Waals surface area contributed by atoms with E-state index in [0.717, 1.165) is 31.5 Å². The summed E-state index contributed by atoms with van der Waals surface area (Å²) < 4.78 is 0. The summed E-state index contributed by atoms with van der Waals surface area (Å²) in [5.41, 5.74) is 2.48. The van der Waals surface area contributed by atoms with Crippen molar-refractivity contribution in [3.8, 4) is 0 Å². The van der Waals surface area contributed by atoms with Gasteiger partial charge >= 0.3 is 0 Å². The van der Waals surface area contributed by atoms with Crippen LogP contribution in [-0.2, 0) is 9.59 Å². The van der Waals surface area contributed by atoms with E-state index in [9.17, 15) is 9.59 Å². The fourth-order valence-corrected chi connectivity index (χ4v) is 4.68. The zero-order valence-electron chi connectivity index (χ0n) is 16.3. The minimum absolute atomic E-state index is 0.0294. The molecular weight excluding hydrogens is 346 g/mol. The number of nitrogens with zero attached hydrogens (tertiary/aromatic N) is 3. The normalized spacial score (nSPS) is 23.9. The molecule has 0 spiro atoms. The molecule has 26 heavy (non-hydrogen) atoms. The highest BCUT2D eigenvalue weighted by Crippen LogP contribution is 2.41. The molecule has 1 aliphatic carbocycles. The van der Waals surface area contributed by atoms with E-state index in [0.29, 0.717) is 23.8 Å². The molecule has 0 unspecified atom stereocenters. The van der Waals surface area contributed by atoms with Gasteiger partial charge < -0.3 is 4.90 Å². The smallest absolute Gasteiger partial charge is 0.265 e. The Balaban J connectivity index is 2.09. The quantitative estimate of drug-likeness (QED) is 0.432. The molecule has 2 amide bonds. The maximum Gasteiger partial charge on any atom is 0.265 e. The van der Waals surface area contributed by atoms with E-state index in [1.807, 2.05) is 13.8 Å². The molecule has 142 valence electrons. The van der Waals surface area contributed by atoms with Crippen LogP contribution in [0, 0.1) is 5.41 Å². The van der Waals surface area contributed by atoms with Crippen LogP contribution in [0.1, 0.15) is 53.4 Å². The molecule has 0 bridgehead atoms. The molecule has 2 heterocycles. The molecule has 0 aromatic heterocycles. The van der Waals surface area contributed by atoms with Gasteiger partial charge in [0.15, 0.2) is 5.11 Å². The number of allylic oxidation sites excluding steroid dienone is 3. The molecule has 2 fully saturated rings. The summed E-state index contributed by atoms with van der Waals surface area (Å²) in [5.74, 6) is -0.478. The van der Waals surface area contributed by atoms with Crippen molar-refractivity contribution in [1.29, 1.82) is 0 Å². The van der Waals surface area contributed by atoms with E-state index in [1.54, 1.807) is 9.80 Å². The lowest BCUT2D eigenvalue weighted by molar-refractivity contribution is -0.133. The van der Waals surface area contributed by atoms with Gasteiger partial charge in [0.1, 0.15) is 5.57 Å². The number of hydrogen-bond acceptors (Lipinski definition) is 4. The highest BCUT2D eigenvalue weighted by atomic mass is 32.1. The minimum Gasteiger partial charge on any atom is -0.375 e. The zero-order valence-corrected chi connectivity index (χ0v) is 17.1. The SMILES string of the molecule is CCN1C(=O)C(=C2C=C(N3CCCC3)CC(C)(C)C2)C(=O)N(CC)C1=S. The lowest BCUT2D eigenvalue weighted by atomic mass is 9.75. The Labute approximate surface area is 161 Å². The van der Waals surface area contributed by atoms with Gasteiger partial charge in [0.25, 0.3) is 11.8 Å². The van der Waals surface area contributed by atoms with Crippen LogP contribution in [0.4, 0.5) is 0 Å². The van der Waals surface area contributed by atoms with Crippen LogP contribution >= 0.6 is 12.2 Å². The Bertz CT molecular complexity index is 674. The van der Waals surface area contributed by atoms with Crippen molar-refractivity contribution in [3.05, 3.63) is 22.9 Å². The molecule has 3 aliphatic rings. The van der Waals surface area contributed by atoms with E-state index < -0.39 is 0 Å². The van der Waals surface area contributed by atoms with Gasteiger partial charge in [-0.25, -0.2) is 0 Å². The average molecular weight is 376 g/mol. The standard InChI is InChI=1S/C20H29N3O2S/c1-5-22-17(24)16(18(25)23(6-2)19(22)26)14-11-15(13-20(3,4)12-14)21-9-7-8-10-21/h11H,5-10,12-13H2,1-4H3. The molecule has 2 aliphatic heterocycles. The molecule has 0 aromatic carbocycles. The van der Waals surface area contributed by atoms with Gasteiger partial charge in [0.05, 0.1) is 0 Å². The van der Waals surface area contributed by atoms with Crippen molar-refractivity contribution in [1.82, 2.24) is 14.7 Å². The molecule has 5 nitrogen and oxygen atoms in total. The Morgan fingerprint density at radius 1 is 1.00 bits per heavy atom. The molecule has 0 radical (unpaired) electrons. The molecule has 0 N–H and O–H groups in total. The summed E-state index contributed by atoms with van der Waals surface area (Å²) in [6.45, 7) is 11.3. The zero-order chi connectivity index (χ0) is 19.1. The van der Waals surface area contributed by atoms with E-state index in [1.165, 1.54) is 18.5 Å². The second-order valence-corrected chi connectivity index (χ2v) is 8.49. The first-order valence-electron chi connectivity index (χ1n) is 9.65. The molecule has 0 aromatic rings. The third kappa shape index (κ3) is 3.31. The summed E-state index contributed by atoms with van der Waals surface area (Å²) >= 11 is 5.37. The first-order chi connectivity index (χ1) is 12.3. The second kappa shape index (κ2) is 7.14. The highest BCUT2D eigenvalue weighted by molar-refractivity contribution is 7.80. The van der Waals surface area contributed by atoms with Crippen LogP contribution in [0.5, 0.6) is 0 Å². The van der Waals surface area contributed by atoms with Crippen molar-refractivity contribution in [3.63, 3.8) is 0 Å². The maximum atomic E-state index is 13.1. The average Bonchev–Trinajstić information content (AvgIpc) is 3.08. The van der Waals surface area contributed by atoms with Gasteiger partial charge in [0, 0.05) is 31.9 Å². The Morgan fingerprint density at radius 2 is 1.54 bits per heavy atom. The first kappa shape index (κ1) is 19.1. The maximum absolute atomic E-state index is 13.1. The Kier molecular flexibility index (Phi) is 5.24. The predicted octanol–water partition coefficient (Wildman–Crippen LogP) is 3.08. The fraction of sp³-hybridized carbons (Fsp3) is 0.650. The minimum atomic E-state index is -0.239. The van der Waals surface area contributed by atoms with Crippen molar-refractivity contribution < 1.29 is 9.59 Å². The van der Waals surface area contributed by atoms with Crippen molar-refractivity contribution in [2.45, 2.75) is 53.4 Å². The van der Waals surface area contributed by atoms with E-state index in [4.69, 9.17) is 12.2 Å². The van der Waals surface area contributed by atoms with Gasteiger partial charge in [-0.1, -0.05) is 13.8 Å².